The fourth-order valence-electron chi connectivity index (χ4n) is 2.82. The van der Waals surface area contributed by atoms with Gasteiger partial charge < -0.3 is 15.5 Å². The first kappa shape index (κ1) is 17.8. The molecule has 1 aromatic carbocycles. The molecule has 0 saturated carbocycles. The Balaban J connectivity index is 1.96. The van der Waals surface area contributed by atoms with Crippen molar-refractivity contribution in [2.45, 2.75) is 46.1 Å². The van der Waals surface area contributed by atoms with Crippen molar-refractivity contribution in [1.29, 1.82) is 0 Å². The number of nitrogens with zero attached hydrogens (tertiary/aromatic N) is 1. The average Bonchev–Trinajstić information content (AvgIpc) is 2.51. The van der Waals surface area contributed by atoms with Crippen LogP contribution < -0.4 is 10.6 Å². The first-order valence-electron chi connectivity index (χ1n) is 8.79. The number of nitrogens with one attached hydrogen (secondary N) is 2. The van der Waals surface area contributed by atoms with Crippen molar-refractivity contribution in [3.63, 3.8) is 0 Å². The smallest absolute Gasteiger partial charge is 0.224 e. The van der Waals surface area contributed by atoms with Crippen LogP contribution in [0.25, 0.3) is 0 Å². The van der Waals surface area contributed by atoms with E-state index < -0.39 is 0 Å². The summed E-state index contributed by atoms with van der Waals surface area (Å²) in [6, 6.07) is 8.51. The molecule has 4 nitrogen and oxygen atoms in total. The molecule has 23 heavy (non-hydrogen) atoms. The summed E-state index contributed by atoms with van der Waals surface area (Å²) in [5, 5.41) is 6.69. The van der Waals surface area contributed by atoms with Gasteiger partial charge in [0.25, 0.3) is 0 Å². The number of benzene rings is 1. The number of para-hydroxylation sites is 2. The lowest BCUT2D eigenvalue weighted by Gasteiger charge is -2.30. The van der Waals surface area contributed by atoms with Crippen LogP contribution in [0.4, 0.5) is 11.4 Å². The van der Waals surface area contributed by atoms with Gasteiger partial charge in [-0.05, 0) is 56.9 Å². The van der Waals surface area contributed by atoms with Crippen LogP contribution in [0.3, 0.4) is 0 Å². The summed E-state index contributed by atoms with van der Waals surface area (Å²) < 4.78 is 0. The number of likely N-dealkylation sites (tertiary alicyclic amines) is 1. The van der Waals surface area contributed by atoms with Crippen LogP contribution >= 0.6 is 0 Å². The molecule has 1 amide bonds. The molecular formula is C19H31N3O. The Bertz CT molecular complexity index is 507. The lowest BCUT2D eigenvalue weighted by atomic mass is 9.94. The highest BCUT2D eigenvalue weighted by Gasteiger charge is 2.18. The van der Waals surface area contributed by atoms with Gasteiger partial charge in [0, 0.05) is 12.5 Å². The lowest BCUT2D eigenvalue weighted by Crippen LogP contribution is -2.36. The normalized spacial score (nSPS) is 18.0. The number of rotatable bonds is 6. The van der Waals surface area contributed by atoms with E-state index in [0.29, 0.717) is 24.3 Å². The van der Waals surface area contributed by atoms with Crippen molar-refractivity contribution < 1.29 is 4.79 Å². The molecule has 1 unspecified atom stereocenters. The summed E-state index contributed by atoms with van der Waals surface area (Å²) in [5.74, 6) is 1.01. The van der Waals surface area contributed by atoms with Gasteiger partial charge >= 0.3 is 0 Å². The molecular weight excluding hydrogens is 286 g/mol. The highest BCUT2D eigenvalue weighted by Crippen LogP contribution is 2.25. The second-order valence-electron chi connectivity index (χ2n) is 7.24. The number of piperidine rings is 1. The zero-order valence-corrected chi connectivity index (χ0v) is 14.9. The number of amides is 1. The second-order valence-corrected chi connectivity index (χ2v) is 7.24. The predicted octanol–water partition coefficient (Wildman–Crippen LogP) is 3.81. The molecule has 2 rings (SSSR count). The van der Waals surface area contributed by atoms with E-state index in [0.717, 1.165) is 37.3 Å². The Kier molecular flexibility index (Phi) is 6.46. The number of carbonyl (C=O) groups excluding carboxylic acids is 1. The van der Waals surface area contributed by atoms with Crippen molar-refractivity contribution in [2.75, 3.05) is 30.8 Å². The van der Waals surface area contributed by atoms with Gasteiger partial charge in [-0.15, -0.1) is 0 Å². The molecule has 0 aliphatic carbocycles. The lowest BCUT2D eigenvalue weighted by molar-refractivity contribution is -0.117. The molecule has 128 valence electrons. The third-order valence-corrected chi connectivity index (χ3v) is 4.92. The van der Waals surface area contributed by atoms with Gasteiger partial charge in [0.1, 0.15) is 0 Å². The van der Waals surface area contributed by atoms with E-state index in [2.05, 4.69) is 49.4 Å². The molecule has 1 saturated heterocycles. The molecule has 0 bridgehead atoms. The molecule has 1 aliphatic rings. The number of hydrogen-bond acceptors (Lipinski definition) is 3. The van der Waals surface area contributed by atoms with Crippen LogP contribution in [0.2, 0.25) is 0 Å². The molecule has 0 radical (unpaired) electrons. The zero-order chi connectivity index (χ0) is 16.8. The minimum atomic E-state index is 0.101. The highest BCUT2D eigenvalue weighted by atomic mass is 16.1. The van der Waals surface area contributed by atoms with Crippen LogP contribution in [0.5, 0.6) is 0 Å². The van der Waals surface area contributed by atoms with Gasteiger partial charge in [-0.3, -0.25) is 4.79 Å². The molecule has 2 N–H and O–H groups in total. The Hall–Kier alpha value is -1.55. The first-order valence-corrected chi connectivity index (χ1v) is 8.79. The fourth-order valence-corrected chi connectivity index (χ4v) is 2.82. The minimum Gasteiger partial charge on any atom is -0.381 e. The van der Waals surface area contributed by atoms with E-state index in [1.807, 2.05) is 18.2 Å². The maximum absolute atomic E-state index is 12.3. The monoisotopic (exact) mass is 317 g/mol. The number of hydrogen-bond donors (Lipinski definition) is 2. The largest absolute Gasteiger partial charge is 0.381 e. The van der Waals surface area contributed by atoms with Crippen molar-refractivity contribution in [3.8, 4) is 0 Å². The molecule has 1 fully saturated rings. The van der Waals surface area contributed by atoms with Gasteiger partial charge in [0.2, 0.25) is 5.91 Å². The van der Waals surface area contributed by atoms with E-state index in [4.69, 9.17) is 0 Å². The molecule has 1 aliphatic heterocycles. The third kappa shape index (κ3) is 5.54. The second kappa shape index (κ2) is 8.34. The van der Waals surface area contributed by atoms with E-state index >= 15 is 0 Å². The van der Waals surface area contributed by atoms with Crippen molar-refractivity contribution in [3.05, 3.63) is 24.3 Å². The Morgan fingerprint density at radius 2 is 1.78 bits per heavy atom. The molecule has 1 atom stereocenters. The summed E-state index contributed by atoms with van der Waals surface area (Å²) in [7, 11) is 2.17. The predicted molar refractivity (Wildman–Crippen MR) is 97.8 cm³/mol. The first-order chi connectivity index (χ1) is 11.0. The number of carbonyl (C=O) groups is 1. The standard InChI is InChI=1S/C19H31N3O/c1-14(2)15(3)13-19(23)21-18-8-6-5-7-17(18)20-16-9-11-22(4)12-10-16/h5-8,14-16,20H,9-13H2,1-4H3,(H,21,23). The summed E-state index contributed by atoms with van der Waals surface area (Å²) >= 11 is 0. The van der Waals surface area contributed by atoms with Crippen LogP contribution in [-0.4, -0.2) is 37.0 Å². The summed E-state index contributed by atoms with van der Waals surface area (Å²) in [5.41, 5.74) is 1.93. The third-order valence-electron chi connectivity index (χ3n) is 4.92. The Morgan fingerprint density at radius 3 is 2.39 bits per heavy atom. The van der Waals surface area contributed by atoms with Gasteiger partial charge in [0.15, 0.2) is 0 Å². The summed E-state index contributed by atoms with van der Waals surface area (Å²) in [6.45, 7) is 8.70. The van der Waals surface area contributed by atoms with Gasteiger partial charge in [-0.2, -0.15) is 0 Å². The Labute approximate surface area is 140 Å². The van der Waals surface area contributed by atoms with Crippen molar-refractivity contribution >= 4 is 17.3 Å². The van der Waals surface area contributed by atoms with Crippen molar-refractivity contribution in [2.24, 2.45) is 11.8 Å². The molecule has 1 heterocycles. The summed E-state index contributed by atoms with van der Waals surface area (Å²) in [4.78, 5) is 14.6. The fraction of sp³-hybridized carbons (Fsp3) is 0.632. The molecule has 4 heteroatoms. The van der Waals surface area contributed by atoms with Gasteiger partial charge in [0.05, 0.1) is 11.4 Å². The minimum absolute atomic E-state index is 0.101. The molecule has 0 spiro atoms. The van der Waals surface area contributed by atoms with E-state index in [1.165, 1.54) is 0 Å². The average molecular weight is 317 g/mol. The van der Waals surface area contributed by atoms with Crippen LogP contribution in [-0.2, 0) is 4.79 Å². The van der Waals surface area contributed by atoms with E-state index in [-0.39, 0.29) is 5.91 Å². The topological polar surface area (TPSA) is 44.4 Å². The molecule has 1 aromatic rings. The molecule has 0 aromatic heterocycles. The Morgan fingerprint density at radius 1 is 1.17 bits per heavy atom. The van der Waals surface area contributed by atoms with Gasteiger partial charge in [-0.25, -0.2) is 0 Å². The maximum atomic E-state index is 12.3. The number of anilines is 2. The SMILES string of the molecule is CC(C)C(C)CC(=O)Nc1ccccc1NC1CCN(C)CC1. The van der Waals surface area contributed by atoms with Crippen LogP contribution in [0.15, 0.2) is 24.3 Å². The zero-order valence-electron chi connectivity index (χ0n) is 14.9. The van der Waals surface area contributed by atoms with Gasteiger partial charge in [-0.1, -0.05) is 32.9 Å². The maximum Gasteiger partial charge on any atom is 0.224 e. The van der Waals surface area contributed by atoms with E-state index in [9.17, 15) is 4.79 Å². The quantitative estimate of drug-likeness (QED) is 0.838. The van der Waals surface area contributed by atoms with E-state index in [1.54, 1.807) is 0 Å². The summed E-state index contributed by atoms with van der Waals surface area (Å²) in [6.07, 6.45) is 2.85. The highest BCUT2D eigenvalue weighted by molar-refractivity contribution is 5.94. The van der Waals surface area contributed by atoms with Crippen LogP contribution in [0, 0.1) is 11.8 Å². The van der Waals surface area contributed by atoms with Crippen molar-refractivity contribution in [1.82, 2.24) is 4.90 Å². The van der Waals surface area contributed by atoms with Crippen LogP contribution in [0.1, 0.15) is 40.0 Å².